The van der Waals surface area contributed by atoms with Crippen LogP contribution in [0.4, 0.5) is 28.4 Å². The van der Waals surface area contributed by atoms with Crippen LogP contribution in [0, 0.1) is 59.2 Å². The number of likely N-dealkylation sites (N-methyl/N-ethyl adjacent to an activating group) is 2. The Morgan fingerprint density at radius 1 is 0.698 bits per heavy atom. The topological polar surface area (TPSA) is 277 Å². The maximum absolute atomic E-state index is 15.0. The number of aliphatic hydroxyl groups excluding tert-OH is 1. The van der Waals surface area contributed by atoms with Gasteiger partial charge in [-0.15, -0.1) is 0 Å². The molecule has 4 N–H and O–H groups in total. The fourth-order valence-electron chi connectivity index (χ4n) is 15.4. The van der Waals surface area contributed by atoms with Gasteiger partial charge in [-0.2, -0.15) is 13.2 Å². The first-order valence-corrected chi connectivity index (χ1v) is 38.4. The van der Waals surface area contributed by atoms with Gasteiger partial charge in [-0.05, 0) is 130 Å². The highest BCUT2D eigenvalue weighted by atomic mass is 19.4. The van der Waals surface area contributed by atoms with Crippen molar-refractivity contribution in [2.24, 2.45) is 59.2 Å². The summed E-state index contributed by atoms with van der Waals surface area (Å²) in [6, 6.07) is 10.4. The molecule has 25 heteroatoms. The molecule has 2 aliphatic heterocycles. The molecule has 22 nitrogen and oxygen atoms in total. The van der Waals surface area contributed by atoms with Crippen LogP contribution in [0.3, 0.4) is 0 Å². The van der Waals surface area contributed by atoms with E-state index in [2.05, 4.69) is 16.0 Å². The van der Waals surface area contributed by atoms with E-state index in [0.29, 0.717) is 69.3 Å². The molecule has 0 spiro atoms. The number of unbranched alkanes of at least 4 members (excludes halogenated alkanes) is 2. The lowest BCUT2D eigenvalue weighted by molar-refractivity contribution is -0.161. The van der Waals surface area contributed by atoms with Crippen molar-refractivity contribution in [2.75, 3.05) is 53.3 Å². The van der Waals surface area contributed by atoms with Gasteiger partial charge in [0.1, 0.15) is 24.0 Å². The van der Waals surface area contributed by atoms with Crippen molar-refractivity contribution in [1.82, 2.24) is 30.2 Å². The highest BCUT2D eigenvalue weighted by Gasteiger charge is 2.46. The van der Waals surface area contributed by atoms with Crippen LogP contribution < -0.4 is 16.0 Å². The Labute approximate surface area is 627 Å². The molecule has 1 saturated carbocycles. The molecule has 1 saturated heterocycles. The Kier molecular flexibility index (Phi) is 35.5. The largest absolute Gasteiger partial charge is 0.445 e. The summed E-state index contributed by atoms with van der Waals surface area (Å²) < 4.78 is 67.5. The Balaban J connectivity index is 1.23. The Hall–Kier alpha value is -7.09. The number of alkyl carbamates (subject to hydrolysis) is 1. The number of imide groups is 1. The fourth-order valence-corrected chi connectivity index (χ4v) is 15.4. The number of ketones is 3. The number of halogens is 3. The number of nitrogens with zero attached hydrogens (tertiary/aromatic N) is 4. The van der Waals surface area contributed by atoms with Crippen LogP contribution in [0.5, 0.6) is 0 Å². The quantitative estimate of drug-likeness (QED) is 0.0355. The lowest BCUT2D eigenvalue weighted by Gasteiger charge is -2.41. The Morgan fingerprint density at radius 2 is 1.32 bits per heavy atom. The summed E-state index contributed by atoms with van der Waals surface area (Å²) in [6.45, 7) is 24.3. The number of rotatable bonds is 42. The number of ether oxygens (including phenoxy) is 4. The van der Waals surface area contributed by atoms with Gasteiger partial charge in [0, 0.05) is 103 Å². The van der Waals surface area contributed by atoms with Crippen LogP contribution in [0.1, 0.15) is 210 Å². The van der Waals surface area contributed by atoms with Crippen molar-refractivity contribution >= 4 is 64.8 Å². The standard InChI is InChI=1S/C81H124F3N7O15/c1-18-52(8)73(66(103-16)46-70(97)90-41-25-28-62(90)75(104-17)54(10)63(92)42-53(9)74(98)58-26-21-19-22-27-58)88(14)77(100)61(49(2)3)45-65(94)72(51(6)7)89(15)79(102)105-48-57-34-36-60(37-35-57)86-76(99)59(43-55-30-32-56(33-31-55)47-85-78(101)106-80(11,12)13)44-64(93)71(50(4)5)87-67(81(82,83)84)29-23-20-24-40-91-68(95)38-39-69(91)96/h19,21-22,26-27,34-39,49-56,59,61-62,66-67,71-75,87,98H,18,20,23-25,28-33,40-48H2,1-17H3,(H,85,101)(H,86,99)/t52-,53-,54-,55?,56?,59+,61-,62-,66+,67+,71-,72-,73-,74+,75+/m0/s1. The lowest BCUT2D eigenvalue weighted by atomic mass is 9.76. The second-order valence-corrected chi connectivity index (χ2v) is 32.0. The van der Waals surface area contributed by atoms with E-state index in [-0.39, 0.29) is 111 Å². The Bertz CT molecular complexity index is 3210. The van der Waals surface area contributed by atoms with Crippen molar-refractivity contribution in [3.8, 4) is 0 Å². The second kappa shape index (κ2) is 42.0. The average molecular weight is 1490 g/mol. The smallest absolute Gasteiger partial charge is 0.410 e. The predicted octanol–water partition coefficient (Wildman–Crippen LogP) is 13.0. The fraction of sp³-hybridized carbons (Fsp3) is 0.704. The molecule has 594 valence electrons. The predicted molar refractivity (Wildman–Crippen MR) is 399 cm³/mol. The molecule has 0 bridgehead atoms. The molecule has 2 aromatic carbocycles. The number of amides is 7. The molecular formula is C81H124F3N7O15. The zero-order chi connectivity index (χ0) is 79.1. The van der Waals surface area contributed by atoms with Crippen LogP contribution in [-0.2, 0) is 63.9 Å². The number of methoxy groups -OCH3 is 2. The van der Waals surface area contributed by atoms with E-state index in [4.69, 9.17) is 18.9 Å². The number of nitrogens with one attached hydrogen (secondary N) is 3. The first-order valence-electron chi connectivity index (χ1n) is 38.4. The lowest BCUT2D eigenvalue weighted by Crippen LogP contribution is -2.54. The van der Waals surface area contributed by atoms with Crippen molar-refractivity contribution in [1.29, 1.82) is 0 Å². The molecule has 106 heavy (non-hydrogen) atoms. The van der Waals surface area contributed by atoms with E-state index in [9.17, 15) is 66.2 Å². The summed E-state index contributed by atoms with van der Waals surface area (Å²) >= 11 is 0. The maximum Gasteiger partial charge on any atom is 0.410 e. The van der Waals surface area contributed by atoms with E-state index in [0.717, 1.165) is 35.5 Å². The van der Waals surface area contributed by atoms with Crippen LogP contribution in [0.2, 0.25) is 0 Å². The highest BCUT2D eigenvalue weighted by Crippen LogP contribution is 2.37. The number of carbonyl (C=O) groups is 10. The zero-order valence-corrected chi connectivity index (χ0v) is 66.0. The molecular weight excluding hydrogens is 1370 g/mol. The van der Waals surface area contributed by atoms with Gasteiger partial charge in [-0.25, -0.2) is 9.59 Å². The normalized spacial score (nSPS) is 19.9. The SMILES string of the molecule is CC[C@H](C)[C@@H]([C@@H](CC(=O)N1CCC[C@H]1[C@H](OC)[C@@H](C)C(=O)C[C@H](C)[C@@H](O)c1ccccc1)OC)N(C)C(=O)[C@@H](CC(=O)[C@H](C(C)C)N(C)C(=O)OCc1ccc(NC(=O)[C@@H](CC(=O)[C@@H](N[C@H](CCCCCN2C(=O)C=CC2=O)C(F)(F)F)C(C)C)CC2CCC(CNC(=O)OC(C)(C)C)CC2)cc1)C(C)C. The molecule has 2 heterocycles. The third-order valence-corrected chi connectivity index (χ3v) is 21.8. The minimum atomic E-state index is -4.72. The summed E-state index contributed by atoms with van der Waals surface area (Å²) in [5.41, 5.74) is 0.931. The van der Waals surface area contributed by atoms with Crippen molar-refractivity contribution in [3.05, 3.63) is 77.9 Å². The van der Waals surface area contributed by atoms with E-state index in [1.807, 2.05) is 71.9 Å². The molecule has 2 aromatic rings. The molecule has 13 atom stereocenters. The molecule has 2 fully saturated rings. The van der Waals surface area contributed by atoms with Gasteiger partial charge < -0.3 is 49.4 Å². The number of aliphatic hydroxyl groups is 1. The van der Waals surface area contributed by atoms with Crippen LogP contribution >= 0.6 is 0 Å². The van der Waals surface area contributed by atoms with Gasteiger partial charge in [-0.1, -0.05) is 144 Å². The summed E-state index contributed by atoms with van der Waals surface area (Å²) in [6.07, 6.45) is -1.08. The number of alkyl halides is 3. The number of likely N-dealkylation sites (tertiary alicyclic amines) is 1. The second-order valence-electron chi connectivity index (χ2n) is 32.0. The van der Waals surface area contributed by atoms with Gasteiger partial charge in [-0.3, -0.25) is 48.6 Å². The van der Waals surface area contributed by atoms with Crippen LogP contribution in [-0.4, -0.2) is 186 Å². The number of hydrogen-bond donors (Lipinski definition) is 4. The zero-order valence-electron chi connectivity index (χ0n) is 66.0. The third kappa shape index (κ3) is 26.6. The average Bonchev–Trinajstić information content (AvgIpc) is 1.09. The molecule has 0 aromatic heterocycles. The third-order valence-electron chi connectivity index (χ3n) is 21.8. The summed E-state index contributed by atoms with van der Waals surface area (Å²) in [7, 11) is 6.21. The van der Waals surface area contributed by atoms with Crippen molar-refractivity contribution in [3.63, 3.8) is 0 Å². The molecule has 5 rings (SSSR count). The van der Waals surface area contributed by atoms with Gasteiger partial charge in [0.2, 0.25) is 17.7 Å². The number of anilines is 1. The van der Waals surface area contributed by atoms with Gasteiger partial charge in [0.15, 0.2) is 11.6 Å². The molecule has 1 aliphatic carbocycles. The number of carbonyl (C=O) groups excluding carboxylic acids is 10. The molecule has 0 radical (unpaired) electrons. The summed E-state index contributed by atoms with van der Waals surface area (Å²) in [5, 5.41) is 19.4. The van der Waals surface area contributed by atoms with E-state index < -0.39 is 126 Å². The molecule has 0 unspecified atom stereocenters. The molecule has 3 aliphatic rings. The number of benzene rings is 2. The Morgan fingerprint density at radius 3 is 1.88 bits per heavy atom. The minimum Gasteiger partial charge on any atom is -0.445 e. The maximum atomic E-state index is 15.0. The van der Waals surface area contributed by atoms with Gasteiger partial charge in [0.25, 0.3) is 11.8 Å². The number of hydrogen-bond acceptors (Lipinski definition) is 16. The van der Waals surface area contributed by atoms with Gasteiger partial charge in [0.05, 0.1) is 48.9 Å². The van der Waals surface area contributed by atoms with Crippen molar-refractivity contribution in [2.45, 2.75) is 260 Å². The first kappa shape index (κ1) is 89.5. The highest BCUT2D eigenvalue weighted by molar-refractivity contribution is 6.12. The summed E-state index contributed by atoms with van der Waals surface area (Å²) in [5.74, 6) is -7.01. The first-order chi connectivity index (χ1) is 49.8. The monoisotopic (exact) mass is 1490 g/mol. The van der Waals surface area contributed by atoms with E-state index in [1.165, 1.54) is 19.1 Å². The molecule has 7 amide bonds. The van der Waals surface area contributed by atoms with Gasteiger partial charge >= 0.3 is 18.4 Å². The number of Topliss-reactive ketones (excluding diaryl/α,β-unsaturated/α-hetero) is 3. The van der Waals surface area contributed by atoms with Crippen molar-refractivity contribution < 1.29 is 85.2 Å². The van der Waals surface area contributed by atoms with Crippen LogP contribution in [0.15, 0.2) is 66.7 Å². The summed E-state index contributed by atoms with van der Waals surface area (Å²) in [4.78, 5) is 143. The van der Waals surface area contributed by atoms with E-state index in [1.54, 1.807) is 96.7 Å². The van der Waals surface area contributed by atoms with Crippen LogP contribution in [0.25, 0.3) is 0 Å². The minimum absolute atomic E-state index is 0.0175. The van der Waals surface area contributed by atoms with E-state index >= 15 is 0 Å².